The number of nitrogens with one attached hydrogen (secondary N) is 1. The van der Waals surface area contributed by atoms with Gasteiger partial charge in [-0.2, -0.15) is 0 Å². The molecule has 3 aromatic carbocycles. The highest BCUT2D eigenvalue weighted by atomic mass is 35.5. The van der Waals surface area contributed by atoms with Crippen molar-refractivity contribution in [3.63, 3.8) is 0 Å². The lowest BCUT2D eigenvalue weighted by Gasteiger charge is -2.11. The second-order valence-electron chi connectivity index (χ2n) is 6.95. The van der Waals surface area contributed by atoms with Gasteiger partial charge in [0.2, 0.25) is 0 Å². The van der Waals surface area contributed by atoms with Crippen molar-refractivity contribution in [2.24, 2.45) is 0 Å². The van der Waals surface area contributed by atoms with Crippen LogP contribution in [0.25, 0.3) is 22.2 Å². The van der Waals surface area contributed by atoms with Crippen molar-refractivity contribution < 1.29 is 28.4 Å². The van der Waals surface area contributed by atoms with E-state index in [-0.39, 0.29) is 16.8 Å². The molecule has 0 aliphatic rings. The Morgan fingerprint density at radius 2 is 1.58 bits per heavy atom. The molecule has 9 heteroatoms. The van der Waals surface area contributed by atoms with Crippen LogP contribution in [0, 0.1) is 0 Å². The average Bonchev–Trinajstić information content (AvgIpc) is 3.26. The summed E-state index contributed by atoms with van der Waals surface area (Å²) in [6, 6.07) is 16.0. The molecule has 0 fully saturated rings. The Morgan fingerprint density at radius 1 is 0.879 bits per heavy atom. The summed E-state index contributed by atoms with van der Waals surface area (Å²) in [4.78, 5) is 37.1. The van der Waals surface area contributed by atoms with Gasteiger partial charge < -0.3 is 19.3 Å². The van der Waals surface area contributed by atoms with E-state index >= 15 is 0 Å². The van der Waals surface area contributed by atoms with Crippen LogP contribution in [0.15, 0.2) is 65.2 Å². The number of aromatic nitrogens is 1. The van der Waals surface area contributed by atoms with Crippen LogP contribution in [0.4, 0.5) is 5.69 Å². The van der Waals surface area contributed by atoms with Crippen LogP contribution in [0.2, 0.25) is 5.02 Å². The molecular weight excluding hydrogens is 448 g/mol. The lowest BCUT2D eigenvalue weighted by Crippen LogP contribution is -2.16. The molecule has 166 valence electrons. The molecule has 0 saturated carbocycles. The van der Waals surface area contributed by atoms with Crippen molar-refractivity contribution in [3.05, 3.63) is 82.4 Å². The van der Waals surface area contributed by atoms with Crippen LogP contribution in [-0.2, 0) is 9.47 Å². The van der Waals surface area contributed by atoms with E-state index in [1.165, 1.54) is 32.4 Å². The van der Waals surface area contributed by atoms with Gasteiger partial charge in [-0.15, -0.1) is 0 Å². The number of benzene rings is 3. The molecule has 1 amide bonds. The molecule has 0 aliphatic carbocycles. The van der Waals surface area contributed by atoms with Crippen molar-refractivity contribution in [1.29, 1.82) is 0 Å². The van der Waals surface area contributed by atoms with Crippen LogP contribution < -0.4 is 5.32 Å². The van der Waals surface area contributed by atoms with E-state index in [4.69, 9.17) is 25.6 Å². The van der Waals surface area contributed by atoms with Crippen LogP contribution in [0.3, 0.4) is 0 Å². The normalized spacial score (nSPS) is 10.6. The van der Waals surface area contributed by atoms with Crippen molar-refractivity contribution in [3.8, 4) is 11.3 Å². The van der Waals surface area contributed by atoms with Gasteiger partial charge in [0, 0.05) is 16.1 Å². The van der Waals surface area contributed by atoms with Crippen molar-refractivity contribution in [2.75, 3.05) is 19.5 Å². The van der Waals surface area contributed by atoms with Gasteiger partial charge in [0.15, 0.2) is 5.76 Å². The Morgan fingerprint density at radius 3 is 2.27 bits per heavy atom. The maximum atomic E-state index is 13.0. The third-order valence-electron chi connectivity index (χ3n) is 4.94. The van der Waals surface area contributed by atoms with Crippen molar-refractivity contribution in [1.82, 2.24) is 5.16 Å². The second kappa shape index (κ2) is 9.13. The van der Waals surface area contributed by atoms with Gasteiger partial charge in [0.1, 0.15) is 5.52 Å². The van der Waals surface area contributed by atoms with Crippen LogP contribution in [0.1, 0.15) is 31.1 Å². The zero-order chi connectivity index (χ0) is 23.5. The highest BCUT2D eigenvalue weighted by molar-refractivity contribution is 6.30. The lowest BCUT2D eigenvalue weighted by atomic mass is 10.1. The molecule has 0 unspecified atom stereocenters. The largest absolute Gasteiger partial charge is 0.465 e. The number of halogens is 1. The maximum Gasteiger partial charge on any atom is 0.339 e. The monoisotopic (exact) mass is 464 g/mol. The Hall–Kier alpha value is -4.17. The fraction of sp³-hybridized carbons (Fsp3) is 0.0833. The Labute approximate surface area is 193 Å². The molecule has 0 radical (unpaired) electrons. The zero-order valence-corrected chi connectivity index (χ0v) is 18.3. The molecular formula is C24H17ClN2O6. The van der Waals surface area contributed by atoms with E-state index in [0.29, 0.717) is 27.2 Å². The highest BCUT2D eigenvalue weighted by Gasteiger charge is 2.19. The van der Waals surface area contributed by atoms with Gasteiger partial charge in [-0.3, -0.25) is 4.79 Å². The fourth-order valence-electron chi connectivity index (χ4n) is 3.27. The molecule has 1 heterocycles. The number of fused-ring (bicyclic) bond motifs is 1. The van der Waals surface area contributed by atoms with Crippen LogP contribution in [-0.4, -0.2) is 37.2 Å². The molecule has 1 N–H and O–H groups in total. The van der Waals surface area contributed by atoms with E-state index in [1.807, 2.05) is 0 Å². The molecule has 4 aromatic rings. The number of ether oxygens (including phenoxy) is 2. The minimum atomic E-state index is -0.666. The highest BCUT2D eigenvalue weighted by Crippen LogP contribution is 2.30. The average molecular weight is 465 g/mol. The molecule has 0 bridgehead atoms. The maximum absolute atomic E-state index is 13.0. The number of carbonyl (C=O) groups is 3. The van der Waals surface area contributed by atoms with Gasteiger partial charge in [0.05, 0.1) is 36.4 Å². The molecule has 0 aliphatic heterocycles. The summed E-state index contributed by atoms with van der Waals surface area (Å²) in [5.74, 6) is -1.30. The number of hydrogen-bond donors (Lipinski definition) is 1. The molecule has 0 atom stereocenters. The van der Waals surface area contributed by atoms with E-state index in [9.17, 15) is 14.4 Å². The summed E-state index contributed by atoms with van der Waals surface area (Å²) < 4.78 is 15.0. The molecule has 1 aromatic heterocycles. The summed E-state index contributed by atoms with van der Waals surface area (Å²) in [6.45, 7) is 0. The standard InChI is InChI=1S/C24H17ClN2O6/c1-31-23(29)15-5-9-17(24(30)32-2)20(12-15)26-22(28)14-6-10-19-18(11-14)21(33-27-19)13-3-7-16(25)8-4-13/h3-12H,1-2H3,(H,26,28). The molecule has 0 spiro atoms. The fourth-order valence-corrected chi connectivity index (χ4v) is 3.39. The smallest absolute Gasteiger partial charge is 0.339 e. The van der Waals surface area contributed by atoms with Gasteiger partial charge in [-0.1, -0.05) is 16.8 Å². The quantitative estimate of drug-likeness (QED) is 0.415. The predicted molar refractivity (Wildman–Crippen MR) is 122 cm³/mol. The van der Waals surface area contributed by atoms with E-state index < -0.39 is 17.8 Å². The van der Waals surface area contributed by atoms with Gasteiger partial charge >= 0.3 is 11.9 Å². The first-order valence-corrected chi connectivity index (χ1v) is 10.1. The van der Waals surface area contributed by atoms with E-state index in [1.54, 1.807) is 42.5 Å². The number of esters is 2. The minimum absolute atomic E-state index is 0.0893. The van der Waals surface area contributed by atoms with E-state index in [2.05, 4.69) is 10.5 Å². The van der Waals surface area contributed by atoms with Crippen LogP contribution in [0.5, 0.6) is 0 Å². The molecule has 0 saturated heterocycles. The topological polar surface area (TPSA) is 108 Å². The van der Waals surface area contributed by atoms with Crippen LogP contribution >= 0.6 is 11.6 Å². The summed E-state index contributed by atoms with van der Waals surface area (Å²) in [5.41, 5.74) is 1.97. The molecule has 4 rings (SSSR count). The minimum Gasteiger partial charge on any atom is -0.465 e. The van der Waals surface area contributed by atoms with Gasteiger partial charge in [-0.05, 0) is 60.7 Å². The summed E-state index contributed by atoms with van der Waals surface area (Å²) >= 11 is 5.96. The number of rotatable bonds is 5. The summed E-state index contributed by atoms with van der Waals surface area (Å²) in [7, 11) is 2.46. The number of anilines is 1. The second-order valence-corrected chi connectivity index (χ2v) is 7.38. The van der Waals surface area contributed by atoms with Gasteiger partial charge in [-0.25, -0.2) is 9.59 Å². The Balaban J connectivity index is 1.70. The summed E-state index contributed by atoms with van der Waals surface area (Å²) in [5, 5.41) is 7.92. The lowest BCUT2D eigenvalue weighted by molar-refractivity contribution is 0.0587. The number of methoxy groups -OCH3 is 2. The SMILES string of the molecule is COC(=O)c1ccc(C(=O)OC)c(NC(=O)c2ccc3noc(-c4ccc(Cl)cc4)c3c2)c1. The molecule has 33 heavy (non-hydrogen) atoms. The first kappa shape index (κ1) is 22.0. The first-order valence-electron chi connectivity index (χ1n) is 9.68. The van der Waals surface area contributed by atoms with E-state index in [0.717, 1.165) is 5.56 Å². The number of nitrogens with zero attached hydrogens (tertiary/aromatic N) is 1. The Kier molecular flexibility index (Phi) is 6.10. The summed E-state index contributed by atoms with van der Waals surface area (Å²) in [6.07, 6.45) is 0. The number of carbonyl (C=O) groups excluding carboxylic acids is 3. The Bertz CT molecular complexity index is 1380. The molecule has 8 nitrogen and oxygen atoms in total. The number of hydrogen-bond acceptors (Lipinski definition) is 7. The van der Waals surface area contributed by atoms with Gasteiger partial charge in [0.25, 0.3) is 5.91 Å². The van der Waals surface area contributed by atoms with Crippen molar-refractivity contribution in [2.45, 2.75) is 0 Å². The predicted octanol–water partition coefficient (Wildman–Crippen LogP) is 4.97. The zero-order valence-electron chi connectivity index (χ0n) is 17.5. The third kappa shape index (κ3) is 4.42. The third-order valence-corrected chi connectivity index (χ3v) is 5.19. The number of amides is 1. The van der Waals surface area contributed by atoms with Crippen molar-refractivity contribution >= 4 is 46.0 Å². The first-order chi connectivity index (χ1) is 15.9.